The maximum absolute atomic E-state index is 12.1. The van der Waals surface area contributed by atoms with E-state index in [-0.39, 0.29) is 37.1 Å². The van der Waals surface area contributed by atoms with Crippen LogP contribution in [-0.4, -0.2) is 42.2 Å². The number of ketones is 1. The predicted octanol–water partition coefficient (Wildman–Crippen LogP) is 3.75. The van der Waals surface area contributed by atoms with E-state index in [0.29, 0.717) is 22.5 Å². The maximum Gasteiger partial charge on any atom is 0.338 e. The van der Waals surface area contributed by atoms with Crippen LogP contribution in [0.1, 0.15) is 60.7 Å². The van der Waals surface area contributed by atoms with Crippen molar-refractivity contribution in [3.8, 4) is 0 Å². The van der Waals surface area contributed by atoms with Crippen LogP contribution in [0.2, 0.25) is 0 Å². The molecule has 9 heteroatoms. The Kier molecular flexibility index (Phi) is 9.94. The third-order valence-electron chi connectivity index (χ3n) is 4.45. The number of benzene rings is 2. The van der Waals surface area contributed by atoms with Gasteiger partial charge in [-0.15, -0.1) is 0 Å². The summed E-state index contributed by atoms with van der Waals surface area (Å²) >= 11 is 0. The first-order valence-electron chi connectivity index (χ1n) is 10.8. The standard InChI is InChI=1S/C25H28N2O7/c1-16(2)34-25(32)18-10-12-20(13-11-18)26-22(29)8-5-9-24(31)33-15-23(30)27-21-7-4-6-19(14-21)17(3)28/h4,6-7,10-14,16H,5,8-9,15H2,1-3H3,(H,26,29)(H,27,30). The number of amides is 2. The fraction of sp³-hybridized carbons (Fsp3) is 0.320. The highest BCUT2D eigenvalue weighted by molar-refractivity contribution is 5.97. The minimum absolute atomic E-state index is 0.0273. The van der Waals surface area contributed by atoms with Crippen molar-refractivity contribution in [2.24, 2.45) is 0 Å². The van der Waals surface area contributed by atoms with Gasteiger partial charge in [0.25, 0.3) is 5.91 Å². The first-order valence-corrected chi connectivity index (χ1v) is 10.8. The van der Waals surface area contributed by atoms with Crippen molar-refractivity contribution in [2.75, 3.05) is 17.2 Å². The van der Waals surface area contributed by atoms with Gasteiger partial charge in [0.05, 0.1) is 11.7 Å². The van der Waals surface area contributed by atoms with Crippen molar-refractivity contribution in [3.05, 3.63) is 59.7 Å². The molecule has 180 valence electrons. The Labute approximate surface area is 197 Å². The summed E-state index contributed by atoms with van der Waals surface area (Å²) < 4.78 is 10.0. The molecule has 0 spiro atoms. The minimum atomic E-state index is -0.603. The zero-order valence-corrected chi connectivity index (χ0v) is 19.4. The predicted molar refractivity (Wildman–Crippen MR) is 126 cm³/mol. The average molecular weight is 469 g/mol. The van der Waals surface area contributed by atoms with E-state index >= 15 is 0 Å². The van der Waals surface area contributed by atoms with Gasteiger partial charge in [-0.25, -0.2) is 4.79 Å². The molecular formula is C25H28N2O7. The molecule has 0 aliphatic rings. The van der Waals surface area contributed by atoms with E-state index in [1.165, 1.54) is 13.0 Å². The summed E-state index contributed by atoms with van der Waals surface area (Å²) in [5.41, 5.74) is 1.78. The molecule has 0 aliphatic heterocycles. The minimum Gasteiger partial charge on any atom is -0.459 e. The van der Waals surface area contributed by atoms with Gasteiger partial charge in [-0.1, -0.05) is 12.1 Å². The lowest BCUT2D eigenvalue weighted by atomic mass is 10.1. The number of hydrogen-bond donors (Lipinski definition) is 2. The molecule has 0 fully saturated rings. The van der Waals surface area contributed by atoms with Crippen LogP contribution >= 0.6 is 0 Å². The summed E-state index contributed by atoms with van der Waals surface area (Å²) in [6.45, 7) is 4.47. The number of rotatable bonds is 11. The van der Waals surface area contributed by atoms with Gasteiger partial charge in [-0.05, 0) is 63.6 Å². The van der Waals surface area contributed by atoms with Crippen LogP contribution in [0, 0.1) is 0 Å². The Morgan fingerprint density at radius 2 is 1.50 bits per heavy atom. The van der Waals surface area contributed by atoms with Gasteiger partial charge in [0, 0.05) is 29.8 Å². The second kappa shape index (κ2) is 12.9. The fourth-order valence-corrected chi connectivity index (χ4v) is 2.82. The highest BCUT2D eigenvalue weighted by Gasteiger charge is 2.12. The Morgan fingerprint density at radius 1 is 0.824 bits per heavy atom. The van der Waals surface area contributed by atoms with Crippen LogP contribution in [-0.2, 0) is 23.9 Å². The summed E-state index contributed by atoms with van der Waals surface area (Å²) in [6, 6.07) is 12.7. The summed E-state index contributed by atoms with van der Waals surface area (Å²) in [5.74, 6) is -2.01. The number of esters is 2. The lowest BCUT2D eigenvalue weighted by Crippen LogP contribution is -2.21. The molecule has 0 aliphatic carbocycles. The van der Waals surface area contributed by atoms with E-state index in [1.54, 1.807) is 56.3 Å². The van der Waals surface area contributed by atoms with Crippen molar-refractivity contribution in [2.45, 2.75) is 46.1 Å². The normalized spacial score (nSPS) is 10.4. The molecule has 0 aromatic heterocycles. The zero-order chi connectivity index (χ0) is 25.1. The summed E-state index contributed by atoms with van der Waals surface area (Å²) in [6.07, 6.45) is 0.0699. The molecule has 2 rings (SSSR count). The number of Topliss-reactive ketones (excluding diaryl/α,β-unsaturated/α-hetero) is 1. The van der Waals surface area contributed by atoms with Gasteiger partial charge < -0.3 is 20.1 Å². The van der Waals surface area contributed by atoms with E-state index in [9.17, 15) is 24.0 Å². The summed E-state index contributed by atoms with van der Waals surface area (Å²) in [5, 5.41) is 5.23. The SMILES string of the molecule is CC(=O)c1cccc(NC(=O)COC(=O)CCCC(=O)Nc2ccc(C(=O)OC(C)C)cc2)c1. The number of ether oxygens (including phenoxy) is 2. The Hall–Kier alpha value is -4.01. The monoisotopic (exact) mass is 468 g/mol. The van der Waals surface area contributed by atoms with Crippen LogP contribution < -0.4 is 10.6 Å². The second-order valence-corrected chi connectivity index (χ2v) is 7.78. The van der Waals surface area contributed by atoms with Crippen molar-refractivity contribution in [1.29, 1.82) is 0 Å². The second-order valence-electron chi connectivity index (χ2n) is 7.78. The third-order valence-corrected chi connectivity index (χ3v) is 4.45. The molecule has 0 atom stereocenters. The number of carbonyl (C=O) groups excluding carboxylic acids is 5. The summed E-state index contributed by atoms with van der Waals surface area (Å²) in [7, 11) is 0. The molecule has 2 aromatic rings. The van der Waals surface area contributed by atoms with Crippen molar-refractivity contribution >= 4 is 40.9 Å². The quantitative estimate of drug-likeness (QED) is 0.380. The van der Waals surface area contributed by atoms with Gasteiger partial charge in [0.1, 0.15) is 0 Å². The lowest BCUT2D eigenvalue weighted by molar-refractivity contribution is -0.147. The Bertz CT molecular complexity index is 1050. The van der Waals surface area contributed by atoms with Crippen LogP contribution in [0.3, 0.4) is 0 Å². The molecule has 2 N–H and O–H groups in total. The molecule has 2 amide bonds. The molecule has 0 saturated heterocycles. The average Bonchev–Trinajstić information content (AvgIpc) is 2.78. The molecule has 2 aromatic carbocycles. The van der Waals surface area contributed by atoms with Crippen LogP contribution in [0.15, 0.2) is 48.5 Å². The molecular weight excluding hydrogens is 440 g/mol. The van der Waals surface area contributed by atoms with Crippen molar-refractivity contribution in [3.63, 3.8) is 0 Å². The van der Waals surface area contributed by atoms with Crippen LogP contribution in [0.4, 0.5) is 11.4 Å². The highest BCUT2D eigenvalue weighted by atomic mass is 16.5. The van der Waals surface area contributed by atoms with Gasteiger partial charge in [-0.2, -0.15) is 0 Å². The van der Waals surface area contributed by atoms with Gasteiger partial charge in [-0.3, -0.25) is 19.2 Å². The van der Waals surface area contributed by atoms with Gasteiger partial charge in [0.15, 0.2) is 12.4 Å². The number of hydrogen-bond acceptors (Lipinski definition) is 7. The molecule has 0 radical (unpaired) electrons. The molecule has 34 heavy (non-hydrogen) atoms. The van der Waals surface area contributed by atoms with E-state index in [2.05, 4.69) is 10.6 Å². The van der Waals surface area contributed by atoms with Crippen molar-refractivity contribution in [1.82, 2.24) is 0 Å². The maximum atomic E-state index is 12.1. The number of nitrogens with one attached hydrogen (secondary N) is 2. The molecule has 0 saturated carbocycles. The Balaban J connectivity index is 1.67. The smallest absolute Gasteiger partial charge is 0.338 e. The topological polar surface area (TPSA) is 128 Å². The highest BCUT2D eigenvalue weighted by Crippen LogP contribution is 2.13. The van der Waals surface area contributed by atoms with Gasteiger partial charge >= 0.3 is 11.9 Å². The largest absolute Gasteiger partial charge is 0.459 e. The van der Waals surface area contributed by atoms with E-state index < -0.39 is 24.5 Å². The molecule has 0 unspecified atom stereocenters. The van der Waals surface area contributed by atoms with E-state index in [4.69, 9.17) is 9.47 Å². The zero-order valence-electron chi connectivity index (χ0n) is 19.4. The van der Waals surface area contributed by atoms with E-state index in [0.717, 1.165) is 0 Å². The first-order chi connectivity index (χ1) is 16.1. The molecule has 9 nitrogen and oxygen atoms in total. The first kappa shape index (κ1) is 26.2. The van der Waals surface area contributed by atoms with E-state index in [1.807, 2.05) is 0 Å². The third kappa shape index (κ3) is 9.23. The Morgan fingerprint density at radius 3 is 2.15 bits per heavy atom. The lowest BCUT2D eigenvalue weighted by Gasteiger charge is -2.09. The molecule has 0 heterocycles. The number of anilines is 2. The number of carbonyl (C=O) groups is 5. The van der Waals surface area contributed by atoms with Crippen LogP contribution in [0.25, 0.3) is 0 Å². The fourth-order valence-electron chi connectivity index (χ4n) is 2.82. The van der Waals surface area contributed by atoms with Crippen molar-refractivity contribution < 1.29 is 33.4 Å². The summed E-state index contributed by atoms with van der Waals surface area (Å²) in [4.78, 5) is 59.1. The molecule has 0 bridgehead atoms. The van der Waals surface area contributed by atoms with Gasteiger partial charge in [0.2, 0.25) is 5.91 Å². The van der Waals surface area contributed by atoms with Crippen LogP contribution in [0.5, 0.6) is 0 Å².